The molecule has 0 aliphatic heterocycles. The molecule has 142 valence electrons. The van der Waals surface area contributed by atoms with Crippen LogP contribution in [-0.2, 0) is 4.79 Å². The summed E-state index contributed by atoms with van der Waals surface area (Å²) in [5, 5.41) is 5.60. The third kappa shape index (κ3) is 4.84. The first-order valence-corrected chi connectivity index (χ1v) is 9.07. The Balaban J connectivity index is 2.00. The molecule has 5 nitrogen and oxygen atoms in total. The van der Waals surface area contributed by atoms with Gasteiger partial charge in [-0.3, -0.25) is 15.4 Å². The second-order valence-corrected chi connectivity index (χ2v) is 6.62. The molecule has 5 heteroatoms. The molecule has 3 aromatic carbocycles. The Morgan fingerprint density at radius 2 is 1.25 bits per heavy atom. The first kappa shape index (κ1) is 19.3. The minimum Gasteiger partial charge on any atom is -0.351 e. The van der Waals surface area contributed by atoms with E-state index in [4.69, 9.17) is 5.73 Å². The van der Waals surface area contributed by atoms with Crippen LogP contribution in [0.1, 0.15) is 34.3 Å². The van der Waals surface area contributed by atoms with Crippen molar-refractivity contribution < 1.29 is 9.59 Å². The molecule has 2 atom stereocenters. The normalized spacial score (nSPS) is 12.8. The van der Waals surface area contributed by atoms with E-state index in [1.54, 1.807) is 0 Å². The fraction of sp³-hybridized carbons (Fsp3) is 0.130. The molecule has 0 heterocycles. The van der Waals surface area contributed by atoms with E-state index in [0.717, 1.165) is 22.3 Å². The molecule has 3 aromatic rings. The zero-order valence-corrected chi connectivity index (χ0v) is 15.6. The van der Waals surface area contributed by atoms with E-state index in [-0.39, 0.29) is 6.04 Å². The third-order valence-electron chi connectivity index (χ3n) is 4.52. The maximum Gasteiger partial charge on any atom is 0.318 e. The van der Waals surface area contributed by atoms with E-state index in [2.05, 4.69) is 10.6 Å². The highest BCUT2D eigenvalue weighted by atomic mass is 16.2. The van der Waals surface area contributed by atoms with Crippen molar-refractivity contribution in [2.45, 2.75) is 19.0 Å². The summed E-state index contributed by atoms with van der Waals surface area (Å²) >= 11 is 0. The molecule has 0 saturated heterocycles. The molecule has 28 heavy (non-hydrogen) atoms. The van der Waals surface area contributed by atoms with Gasteiger partial charge in [0, 0.05) is 0 Å². The van der Waals surface area contributed by atoms with Crippen molar-refractivity contribution in [3.8, 4) is 0 Å². The van der Waals surface area contributed by atoms with E-state index in [1.807, 2.05) is 91.9 Å². The Bertz CT molecular complexity index is 925. The lowest BCUT2D eigenvalue weighted by atomic mass is 9.95. The van der Waals surface area contributed by atoms with Gasteiger partial charge in [0.15, 0.2) is 0 Å². The Morgan fingerprint density at radius 1 is 0.750 bits per heavy atom. The minimum absolute atomic E-state index is 0.245. The molecule has 0 spiro atoms. The minimum atomic E-state index is -0.876. The second kappa shape index (κ2) is 8.97. The van der Waals surface area contributed by atoms with Gasteiger partial charge in [0.25, 0.3) is 0 Å². The number of nitrogens with two attached hydrogens (primary N) is 1. The van der Waals surface area contributed by atoms with Crippen molar-refractivity contribution in [1.82, 2.24) is 10.6 Å². The summed E-state index contributed by atoms with van der Waals surface area (Å²) in [5.74, 6) is -0.494. The molecule has 4 N–H and O–H groups in total. The molecular weight excluding hydrogens is 350 g/mol. The predicted molar refractivity (Wildman–Crippen MR) is 110 cm³/mol. The van der Waals surface area contributed by atoms with Crippen LogP contribution in [0.2, 0.25) is 0 Å². The lowest BCUT2D eigenvalue weighted by Gasteiger charge is -2.26. The summed E-state index contributed by atoms with van der Waals surface area (Å²) in [6.45, 7) is 2.03. The van der Waals surface area contributed by atoms with Crippen LogP contribution in [0.25, 0.3) is 0 Å². The van der Waals surface area contributed by atoms with Crippen LogP contribution in [0.5, 0.6) is 0 Å². The van der Waals surface area contributed by atoms with E-state index < -0.39 is 18.0 Å². The summed E-state index contributed by atoms with van der Waals surface area (Å²) in [4.78, 5) is 24.0. The van der Waals surface area contributed by atoms with Gasteiger partial charge >= 0.3 is 6.03 Å². The van der Waals surface area contributed by atoms with Crippen LogP contribution >= 0.6 is 0 Å². The number of hydrogen-bond acceptors (Lipinski definition) is 3. The third-order valence-corrected chi connectivity index (χ3v) is 4.52. The molecular formula is C23H23N3O2. The van der Waals surface area contributed by atoms with Crippen molar-refractivity contribution in [1.29, 1.82) is 0 Å². The molecule has 3 rings (SSSR count). The van der Waals surface area contributed by atoms with Gasteiger partial charge in [-0.2, -0.15) is 0 Å². The zero-order chi connectivity index (χ0) is 19.9. The van der Waals surface area contributed by atoms with Gasteiger partial charge in [-0.05, 0) is 23.6 Å². The lowest BCUT2D eigenvalue weighted by molar-refractivity contribution is -0.122. The highest BCUT2D eigenvalue weighted by Crippen LogP contribution is 2.26. The Hall–Kier alpha value is -3.44. The highest BCUT2D eigenvalue weighted by molar-refractivity contribution is 5.96. The van der Waals surface area contributed by atoms with Crippen LogP contribution in [0.4, 0.5) is 4.79 Å². The molecule has 0 saturated carbocycles. The molecule has 0 unspecified atom stereocenters. The zero-order valence-electron chi connectivity index (χ0n) is 15.6. The largest absolute Gasteiger partial charge is 0.351 e. The van der Waals surface area contributed by atoms with Gasteiger partial charge in [0.2, 0.25) is 5.91 Å². The summed E-state index contributed by atoms with van der Waals surface area (Å²) < 4.78 is 0. The number of urea groups is 1. The molecule has 3 amide bonds. The fourth-order valence-electron chi connectivity index (χ4n) is 3.12. The van der Waals surface area contributed by atoms with Gasteiger partial charge in [-0.1, -0.05) is 90.5 Å². The van der Waals surface area contributed by atoms with Crippen LogP contribution in [0.3, 0.4) is 0 Å². The highest BCUT2D eigenvalue weighted by Gasteiger charge is 2.26. The Labute approximate surface area is 164 Å². The molecule has 0 aliphatic rings. The average Bonchev–Trinajstić information content (AvgIpc) is 2.70. The van der Waals surface area contributed by atoms with E-state index in [9.17, 15) is 9.59 Å². The van der Waals surface area contributed by atoms with Crippen molar-refractivity contribution in [3.05, 3.63) is 107 Å². The number of hydrogen-bond donors (Lipinski definition) is 3. The number of amides is 3. The number of carbonyl (C=O) groups excluding carboxylic acids is 2. The molecule has 0 bridgehead atoms. The second-order valence-electron chi connectivity index (χ2n) is 6.62. The van der Waals surface area contributed by atoms with Gasteiger partial charge in [0.1, 0.15) is 6.04 Å². The van der Waals surface area contributed by atoms with Gasteiger partial charge < -0.3 is 5.73 Å². The monoisotopic (exact) mass is 373 g/mol. The van der Waals surface area contributed by atoms with E-state index in [1.165, 1.54) is 0 Å². The quantitative estimate of drug-likeness (QED) is 0.617. The Kier molecular flexibility index (Phi) is 6.19. The van der Waals surface area contributed by atoms with Gasteiger partial charge in [-0.25, -0.2) is 4.79 Å². The number of primary amides is 1. The summed E-state index contributed by atoms with van der Waals surface area (Å²) in [6, 6.07) is 25.4. The Morgan fingerprint density at radius 3 is 1.79 bits per heavy atom. The van der Waals surface area contributed by atoms with Gasteiger partial charge in [0.05, 0.1) is 6.04 Å². The van der Waals surface area contributed by atoms with E-state index in [0.29, 0.717) is 0 Å². The van der Waals surface area contributed by atoms with Crippen LogP contribution in [-0.4, -0.2) is 11.9 Å². The van der Waals surface area contributed by atoms with Crippen LogP contribution in [0, 0.1) is 6.92 Å². The number of nitrogens with one attached hydrogen (secondary N) is 2. The smallest absolute Gasteiger partial charge is 0.318 e. The van der Waals surface area contributed by atoms with Crippen molar-refractivity contribution >= 4 is 11.9 Å². The van der Waals surface area contributed by atoms with Crippen molar-refractivity contribution in [2.24, 2.45) is 5.73 Å². The van der Waals surface area contributed by atoms with Crippen molar-refractivity contribution in [3.63, 3.8) is 0 Å². The standard InChI is InChI=1S/C23H23N3O2/c1-16-12-14-19(15-13-16)20(17-8-4-2-5-9-17)25-21(22(27)26-23(24)28)18-10-6-3-7-11-18/h2-15,20-21,25H,1H3,(H3,24,26,27,28)/t20-,21-/m0/s1. The predicted octanol–water partition coefficient (Wildman–Crippen LogP) is 3.61. The number of aryl methyl sites for hydroxylation is 1. The molecule has 0 aliphatic carbocycles. The summed E-state index contributed by atoms with van der Waals surface area (Å²) in [7, 11) is 0. The number of benzene rings is 3. The van der Waals surface area contributed by atoms with Crippen LogP contribution < -0.4 is 16.4 Å². The first-order chi connectivity index (χ1) is 13.5. The van der Waals surface area contributed by atoms with E-state index >= 15 is 0 Å². The number of rotatable bonds is 6. The topological polar surface area (TPSA) is 84.2 Å². The number of imide groups is 1. The fourth-order valence-corrected chi connectivity index (χ4v) is 3.12. The SMILES string of the molecule is Cc1ccc([C@@H](N[C@H](C(=O)NC(N)=O)c2ccccc2)c2ccccc2)cc1. The van der Waals surface area contributed by atoms with Gasteiger partial charge in [-0.15, -0.1) is 0 Å². The summed E-state index contributed by atoms with van der Waals surface area (Å²) in [5.41, 5.74) is 9.11. The maximum absolute atomic E-state index is 12.7. The lowest BCUT2D eigenvalue weighted by Crippen LogP contribution is -2.44. The molecule has 0 radical (unpaired) electrons. The van der Waals surface area contributed by atoms with Crippen LogP contribution in [0.15, 0.2) is 84.9 Å². The van der Waals surface area contributed by atoms with Crippen molar-refractivity contribution in [2.75, 3.05) is 0 Å². The first-order valence-electron chi connectivity index (χ1n) is 9.07. The average molecular weight is 373 g/mol. The maximum atomic E-state index is 12.7. The molecule has 0 aromatic heterocycles. The summed E-state index contributed by atoms with van der Waals surface area (Å²) in [6.07, 6.45) is 0. The molecule has 0 fully saturated rings. The number of carbonyl (C=O) groups is 2.